The fourth-order valence-corrected chi connectivity index (χ4v) is 2.57. The molecule has 1 heterocycles. The van der Waals surface area contributed by atoms with Crippen molar-refractivity contribution < 1.29 is 9.13 Å². The quantitative estimate of drug-likeness (QED) is 0.286. The van der Waals surface area contributed by atoms with Crippen molar-refractivity contribution in [2.75, 3.05) is 7.05 Å². The molecule has 0 fully saturated rings. The number of nitrogens with one attached hydrogen (secondary N) is 2. The van der Waals surface area contributed by atoms with Gasteiger partial charge in [-0.25, -0.2) is 9.37 Å². The van der Waals surface area contributed by atoms with Gasteiger partial charge in [0.05, 0.1) is 0 Å². The largest absolute Gasteiger partial charge is 0.473 e. The molecule has 29 heavy (non-hydrogen) atoms. The van der Waals surface area contributed by atoms with Crippen molar-refractivity contribution in [3.63, 3.8) is 0 Å². The van der Waals surface area contributed by atoms with Gasteiger partial charge in [-0.05, 0) is 34.9 Å². The van der Waals surface area contributed by atoms with Crippen LogP contribution in [0.25, 0.3) is 0 Å². The summed E-state index contributed by atoms with van der Waals surface area (Å²) in [5.41, 5.74) is 3.10. The van der Waals surface area contributed by atoms with Crippen molar-refractivity contribution in [3.05, 3.63) is 95.4 Å². The second kappa shape index (κ2) is 12.0. The molecule has 2 N–H and O–H groups in total. The van der Waals surface area contributed by atoms with Gasteiger partial charge in [0, 0.05) is 32.4 Å². The van der Waals surface area contributed by atoms with Crippen LogP contribution in [-0.4, -0.2) is 18.0 Å². The van der Waals surface area contributed by atoms with Crippen LogP contribution in [0.5, 0.6) is 5.88 Å². The summed E-state index contributed by atoms with van der Waals surface area (Å²) in [7, 11) is 1.71. The van der Waals surface area contributed by atoms with Crippen LogP contribution < -0.4 is 15.4 Å². The highest BCUT2D eigenvalue weighted by atomic mass is 127. The van der Waals surface area contributed by atoms with Crippen molar-refractivity contribution in [1.82, 2.24) is 15.6 Å². The molecule has 7 heteroatoms. The fraction of sp³-hybridized carbons (Fsp3) is 0.182. The predicted molar refractivity (Wildman–Crippen MR) is 124 cm³/mol. The molecule has 0 aliphatic heterocycles. The van der Waals surface area contributed by atoms with Gasteiger partial charge in [0.15, 0.2) is 5.96 Å². The summed E-state index contributed by atoms with van der Waals surface area (Å²) in [6, 6.07) is 20.2. The van der Waals surface area contributed by atoms with Crippen LogP contribution in [-0.2, 0) is 19.7 Å². The van der Waals surface area contributed by atoms with E-state index in [9.17, 15) is 4.39 Å². The lowest BCUT2D eigenvalue weighted by Crippen LogP contribution is -2.36. The Morgan fingerprint density at radius 3 is 2.31 bits per heavy atom. The van der Waals surface area contributed by atoms with E-state index >= 15 is 0 Å². The summed E-state index contributed by atoms with van der Waals surface area (Å²) in [6.45, 7) is 1.61. The first-order valence-electron chi connectivity index (χ1n) is 9.03. The van der Waals surface area contributed by atoms with Gasteiger partial charge in [-0.2, -0.15) is 0 Å². The molecule has 152 valence electrons. The average Bonchev–Trinajstić information content (AvgIpc) is 2.75. The first-order chi connectivity index (χ1) is 13.7. The van der Waals surface area contributed by atoms with Crippen LogP contribution in [0.2, 0.25) is 0 Å². The van der Waals surface area contributed by atoms with Crippen molar-refractivity contribution in [1.29, 1.82) is 0 Å². The smallest absolute Gasteiger partial charge is 0.213 e. The van der Waals surface area contributed by atoms with E-state index in [1.54, 1.807) is 25.4 Å². The summed E-state index contributed by atoms with van der Waals surface area (Å²) in [5, 5.41) is 6.46. The second-order valence-electron chi connectivity index (χ2n) is 6.18. The lowest BCUT2D eigenvalue weighted by Gasteiger charge is -2.12. The summed E-state index contributed by atoms with van der Waals surface area (Å²) in [4.78, 5) is 8.47. The number of rotatable bonds is 7. The fourth-order valence-electron chi connectivity index (χ4n) is 2.57. The van der Waals surface area contributed by atoms with Gasteiger partial charge in [0.25, 0.3) is 0 Å². The highest BCUT2D eigenvalue weighted by Crippen LogP contribution is 2.12. The topological polar surface area (TPSA) is 58.5 Å². The molecule has 3 aromatic rings. The molecule has 0 amide bonds. The molecule has 0 saturated carbocycles. The Kier molecular flexibility index (Phi) is 9.36. The Balaban J connectivity index is 0.00000300. The van der Waals surface area contributed by atoms with E-state index in [2.05, 4.69) is 20.6 Å². The number of pyridine rings is 1. The molecule has 0 aliphatic carbocycles. The molecule has 0 atom stereocenters. The number of nitrogens with zero attached hydrogens (tertiary/aromatic N) is 2. The maximum absolute atomic E-state index is 13.0. The number of aliphatic imine (C=N–C) groups is 1. The third-order valence-electron chi connectivity index (χ3n) is 4.09. The molecule has 1 aromatic heterocycles. The Labute approximate surface area is 187 Å². The van der Waals surface area contributed by atoms with Crippen LogP contribution >= 0.6 is 24.0 Å². The molecule has 0 saturated heterocycles. The van der Waals surface area contributed by atoms with E-state index in [0.29, 0.717) is 31.5 Å². The molecule has 0 bridgehead atoms. The Morgan fingerprint density at radius 1 is 0.931 bits per heavy atom. The van der Waals surface area contributed by atoms with E-state index in [1.807, 2.05) is 42.5 Å². The zero-order valence-corrected chi connectivity index (χ0v) is 18.5. The van der Waals surface area contributed by atoms with Gasteiger partial charge in [-0.3, -0.25) is 4.99 Å². The van der Waals surface area contributed by atoms with Gasteiger partial charge in [0.1, 0.15) is 12.4 Å². The lowest BCUT2D eigenvalue weighted by atomic mass is 10.2. The molecule has 2 aromatic carbocycles. The maximum atomic E-state index is 13.0. The Bertz CT molecular complexity index is 904. The first kappa shape index (κ1) is 22.6. The van der Waals surface area contributed by atoms with Crippen LogP contribution in [0, 0.1) is 5.82 Å². The Hall–Kier alpha value is -2.68. The second-order valence-corrected chi connectivity index (χ2v) is 6.18. The summed E-state index contributed by atoms with van der Waals surface area (Å²) >= 11 is 0. The normalized spacial score (nSPS) is 10.8. The van der Waals surface area contributed by atoms with E-state index in [1.165, 1.54) is 12.1 Å². The summed E-state index contributed by atoms with van der Waals surface area (Å²) in [5.74, 6) is 1.000. The minimum atomic E-state index is -0.241. The van der Waals surface area contributed by atoms with Gasteiger partial charge >= 0.3 is 0 Å². The molecule has 0 aliphatic rings. The standard InChI is InChI=1S/C22H23FN4O.HI/c1-24-22(26-14-17-7-9-20(23)10-8-17)27-15-19-11-12-25-21(13-19)28-16-18-5-3-2-4-6-18;/h2-13H,14-16H2,1H3,(H2,24,26,27);1H. The lowest BCUT2D eigenvalue weighted by molar-refractivity contribution is 0.293. The summed E-state index contributed by atoms with van der Waals surface area (Å²) in [6.07, 6.45) is 1.73. The number of benzene rings is 2. The van der Waals surface area contributed by atoms with Crippen molar-refractivity contribution in [2.45, 2.75) is 19.7 Å². The van der Waals surface area contributed by atoms with Crippen LogP contribution in [0.4, 0.5) is 4.39 Å². The van der Waals surface area contributed by atoms with Gasteiger partial charge < -0.3 is 15.4 Å². The van der Waals surface area contributed by atoms with Crippen molar-refractivity contribution in [3.8, 4) is 5.88 Å². The van der Waals surface area contributed by atoms with Crippen molar-refractivity contribution >= 4 is 29.9 Å². The van der Waals surface area contributed by atoms with E-state index in [4.69, 9.17) is 4.74 Å². The average molecular weight is 506 g/mol. The third-order valence-corrected chi connectivity index (χ3v) is 4.09. The molecule has 0 spiro atoms. The SMILES string of the molecule is CN=C(NCc1ccc(F)cc1)NCc1ccnc(OCc2ccccc2)c1.I. The monoisotopic (exact) mass is 506 g/mol. The molecular weight excluding hydrogens is 482 g/mol. The van der Waals surface area contributed by atoms with Gasteiger partial charge in [0.2, 0.25) is 5.88 Å². The molecule has 3 rings (SSSR count). The van der Waals surface area contributed by atoms with Gasteiger partial charge in [-0.1, -0.05) is 42.5 Å². The maximum Gasteiger partial charge on any atom is 0.213 e. The highest BCUT2D eigenvalue weighted by Gasteiger charge is 2.02. The summed E-state index contributed by atoms with van der Waals surface area (Å²) < 4.78 is 18.7. The Morgan fingerprint density at radius 2 is 1.62 bits per heavy atom. The van der Waals surface area contributed by atoms with E-state index in [-0.39, 0.29) is 29.8 Å². The molecular formula is C22H24FIN4O. The van der Waals surface area contributed by atoms with Crippen LogP contribution in [0.3, 0.4) is 0 Å². The molecule has 0 unspecified atom stereocenters. The van der Waals surface area contributed by atoms with Crippen LogP contribution in [0.15, 0.2) is 77.9 Å². The first-order valence-corrected chi connectivity index (χ1v) is 9.03. The zero-order valence-electron chi connectivity index (χ0n) is 16.1. The number of halogens is 2. The molecule has 5 nitrogen and oxygen atoms in total. The van der Waals surface area contributed by atoms with Crippen molar-refractivity contribution in [2.24, 2.45) is 4.99 Å². The molecule has 0 radical (unpaired) electrons. The minimum absolute atomic E-state index is 0. The van der Waals surface area contributed by atoms with Crippen LogP contribution in [0.1, 0.15) is 16.7 Å². The van der Waals surface area contributed by atoms with E-state index < -0.39 is 0 Å². The van der Waals surface area contributed by atoms with E-state index in [0.717, 1.165) is 16.7 Å². The van der Waals surface area contributed by atoms with Gasteiger partial charge in [-0.15, -0.1) is 24.0 Å². The predicted octanol–water partition coefficient (Wildman–Crippen LogP) is 4.28. The zero-order chi connectivity index (χ0) is 19.6. The number of ether oxygens (including phenoxy) is 1. The third kappa shape index (κ3) is 7.69. The number of aromatic nitrogens is 1. The number of guanidine groups is 1. The number of hydrogen-bond acceptors (Lipinski definition) is 3. The minimum Gasteiger partial charge on any atom is -0.473 e. The number of hydrogen-bond donors (Lipinski definition) is 2. The highest BCUT2D eigenvalue weighted by molar-refractivity contribution is 14.0.